The van der Waals surface area contributed by atoms with Crippen LogP contribution in [0.4, 0.5) is 0 Å². The van der Waals surface area contributed by atoms with E-state index in [1.54, 1.807) is 11.6 Å². The SMILES string of the molecule is C=CC(C1=CC(=O)C=CC1=O)c1ccccc1.CN1CCC(=C2c3ccccc3Sc3ccccc32)CC1.O=C(O)C=CC(=O)O. The number of allylic oxidation sites excluding steroid dienone is 5. The van der Waals surface area contributed by atoms with Crippen LogP contribution in [0.1, 0.15) is 35.4 Å². The molecule has 1 fully saturated rings. The molecule has 0 spiro atoms. The molecule has 2 N–H and O–H groups in total. The van der Waals surface area contributed by atoms with E-state index in [1.807, 2.05) is 42.1 Å². The fraction of sp³-hybridized carbons (Fsp3) is 0.158. The molecular formula is C38H35NO6S. The molecule has 1 unspecified atom stereocenters. The highest BCUT2D eigenvalue weighted by molar-refractivity contribution is 7.99. The van der Waals surface area contributed by atoms with Crippen molar-refractivity contribution in [1.82, 2.24) is 4.90 Å². The van der Waals surface area contributed by atoms with Crippen LogP contribution in [0.3, 0.4) is 0 Å². The topological polar surface area (TPSA) is 112 Å². The highest BCUT2D eigenvalue weighted by atomic mass is 32.2. The van der Waals surface area contributed by atoms with E-state index in [0.29, 0.717) is 17.7 Å². The second kappa shape index (κ2) is 16.3. The number of carbonyl (C=O) groups excluding carboxylic acids is 2. The van der Waals surface area contributed by atoms with Gasteiger partial charge in [0.05, 0.1) is 0 Å². The second-order valence-electron chi connectivity index (χ2n) is 10.7. The molecule has 0 amide bonds. The van der Waals surface area contributed by atoms with Crippen LogP contribution in [0.2, 0.25) is 0 Å². The van der Waals surface area contributed by atoms with Crippen molar-refractivity contribution in [2.45, 2.75) is 28.6 Å². The van der Waals surface area contributed by atoms with Gasteiger partial charge in [0.2, 0.25) is 0 Å². The molecule has 6 rings (SSSR count). The number of ketones is 2. The number of hydrogen-bond acceptors (Lipinski definition) is 6. The minimum atomic E-state index is -1.26. The number of hydrogen-bond donors (Lipinski definition) is 2. The molecule has 0 aromatic heterocycles. The van der Waals surface area contributed by atoms with E-state index < -0.39 is 11.9 Å². The number of carboxylic acid groups (broad SMARTS) is 2. The van der Waals surface area contributed by atoms with Gasteiger partial charge in [-0.15, -0.1) is 6.58 Å². The molecule has 2 aliphatic heterocycles. The van der Waals surface area contributed by atoms with Crippen molar-refractivity contribution in [3.63, 3.8) is 0 Å². The highest BCUT2D eigenvalue weighted by Crippen LogP contribution is 2.47. The molecule has 1 aliphatic carbocycles. The monoisotopic (exact) mass is 633 g/mol. The van der Waals surface area contributed by atoms with Crippen molar-refractivity contribution in [2.75, 3.05) is 20.1 Å². The zero-order valence-electron chi connectivity index (χ0n) is 25.5. The van der Waals surface area contributed by atoms with Crippen LogP contribution in [0.25, 0.3) is 5.57 Å². The van der Waals surface area contributed by atoms with Crippen molar-refractivity contribution in [2.24, 2.45) is 0 Å². The summed E-state index contributed by atoms with van der Waals surface area (Å²) in [6.45, 7) is 6.10. The first-order chi connectivity index (χ1) is 22.2. The van der Waals surface area contributed by atoms with E-state index in [9.17, 15) is 19.2 Å². The van der Waals surface area contributed by atoms with E-state index in [0.717, 1.165) is 5.56 Å². The maximum Gasteiger partial charge on any atom is 0.328 e. The third kappa shape index (κ3) is 9.00. The average Bonchev–Trinajstić information content (AvgIpc) is 3.06. The Balaban J connectivity index is 0.000000173. The van der Waals surface area contributed by atoms with E-state index >= 15 is 0 Å². The van der Waals surface area contributed by atoms with E-state index in [-0.39, 0.29) is 17.5 Å². The third-order valence-electron chi connectivity index (χ3n) is 7.56. The second-order valence-corrected chi connectivity index (χ2v) is 11.8. The van der Waals surface area contributed by atoms with Gasteiger partial charge in [-0.3, -0.25) is 9.59 Å². The number of fused-ring (bicyclic) bond motifs is 2. The van der Waals surface area contributed by atoms with Crippen molar-refractivity contribution in [3.8, 4) is 0 Å². The maximum atomic E-state index is 11.8. The quantitative estimate of drug-likeness (QED) is 0.138. The summed E-state index contributed by atoms with van der Waals surface area (Å²) in [4.78, 5) is 47.4. The molecule has 46 heavy (non-hydrogen) atoms. The Labute approximate surface area is 273 Å². The van der Waals surface area contributed by atoms with Crippen LogP contribution in [0, 0.1) is 0 Å². The summed E-state index contributed by atoms with van der Waals surface area (Å²) < 4.78 is 0. The van der Waals surface area contributed by atoms with Crippen LogP contribution in [-0.4, -0.2) is 58.8 Å². The van der Waals surface area contributed by atoms with Gasteiger partial charge in [-0.1, -0.05) is 90.1 Å². The molecule has 8 heteroatoms. The maximum absolute atomic E-state index is 11.8. The van der Waals surface area contributed by atoms with E-state index in [1.165, 1.54) is 70.7 Å². The largest absolute Gasteiger partial charge is 0.478 e. The van der Waals surface area contributed by atoms with Gasteiger partial charge in [-0.25, -0.2) is 9.59 Å². The molecule has 7 nitrogen and oxygen atoms in total. The zero-order chi connectivity index (χ0) is 33.1. The van der Waals surface area contributed by atoms with Gasteiger partial charge in [0.15, 0.2) is 11.6 Å². The van der Waals surface area contributed by atoms with Gasteiger partial charge in [-0.05, 0) is 72.5 Å². The highest BCUT2D eigenvalue weighted by Gasteiger charge is 2.25. The van der Waals surface area contributed by atoms with Crippen LogP contribution in [0.15, 0.2) is 143 Å². The Morgan fingerprint density at radius 1 is 0.804 bits per heavy atom. The number of carboxylic acids is 2. The van der Waals surface area contributed by atoms with E-state index in [4.69, 9.17) is 10.2 Å². The van der Waals surface area contributed by atoms with Gasteiger partial charge in [0, 0.05) is 46.5 Å². The number of piperidine rings is 1. The van der Waals surface area contributed by atoms with Gasteiger partial charge in [0.25, 0.3) is 0 Å². The van der Waals surface area contributed by atoms with Crippen LogP contribution in [-0.2, 0) is 19.2 Å². The first-order valence-corrected chi connectivity index (χ1v) is 15.6. The molecule has 2 heterocycles. The van der Waals surface area contributed by atoms with Crippen LogP contribution in [0.5, 0.6) is 0 Å². The Morgan fingerprint density at radius 3 is 1.85 bits per heavy atom. The van der Waals surface area contributed by atoms with Gasteiger partial charge >= 0.3 is 11.9 Å². The van der Waals surface area contributed by atoms with Gasteiger partial charge < -0.3 is 15.1 Å². The summed E-state index contributed by atoms with van der Waals surface area (Å²) in [5.74, 6) is -3.02. The molecule has 0 saturated carbocycles. The number of benzene rings is 3. The minimum Gasteiger partial charge on any atom is -0.478 e. The van der Waals surface area contributed by atoms with Gasteiger partial charge in [-0.2, -0.15) is 0 Å². The summed E-state index contributed by atoms with van der Waals surface area (Å²) in [5.41, 5.74) is 7.45. The third-order valence-corrected chi connectivity index (χ3v) is 8.71. The fourth-order valence-corrected chi connectivity index (χ4v) is 6.41. The summed E-state index contributed by atoms with van der Waals surface area (Å²) in [5, 5.41) is 15.6. The zero-order valence-corrected chi connectivity index (χ0v) is 26.3. The van der Waals surface area contributed by atoms with Crippen molar-refractivity contribution < 1.29 is 29.4 Å². The molecule has 3 aromatic carbocycles. The first-order valence-electron chi connectivity index (χ1n) is 14.7. The first kappa shape index (κ1) is 33.8. The van der Waals surface area contributed by atoms with E-state index in [2.05, 4.69) is 67.1 Å². The standard InChI is InChI=1S/C19H19NS.C15H12O2.C4H4O4/c1-20-12-10-14(11-13-20)19-15-6-2-4-8-17(15)21-18-9-5-3-7-16(18)19;1-2-13(11-6-4-3-5-7-11)14-10-12(16)8-9-15(14)17;5-3(6)1-2-4(7)8/h2-9H,10-13H2,1H3;2-10,13H,1H2;1-2H,(H,5,6)(H,7,8). The lowest BCUT2D eigenvalue weighted by atomic mass is 9.86. The summed E-state index contributed by atoms with van der Waals surface area (Å²) in [6.07, 6.45) is 9.18. The molecule has 1 saturated heterocycles. The molecule has 1 atom stereocenters. The fourth-order valence-electron chi connectivity index (χ4n) is 5.32. The van der Waals surface area contributed by atoms with Crippen LogP contribution >= 0.6 is 11.8 Å². The smallest absolute Gasteiger partial charge is 0.328 e. The molecule has 3 aromatic rings. The molecule has 3 aliphatic rings. The van der Waals surface area contributed by atoms with Crippen molar-refractivity contribution in [1.29, 1.82) is 0 Å². The predicted octanol–water partition coefficient (Wildman–Crippen LogP) is 6.98. The lowest BCUT2D eigenvalue weighted by Crippen LogP contribution is -2.27. The van der Waals surface area contributed by atoms with Crippen LogP contribution < -0.4 is 0 Å². The van der Waals surface area contributed by atoms with Crippen molar-refractivity contribution in [3.05, 3.63) is 150 Å². The lowest BCUT2D eigenvalue weighted by molar-refractivity contribution is -0.134. The minimum absolute atomic E-state index is 0.127. The molecule has 234 valence electrons. The normalized spacial score (nSPS) is 16.2. The number of aliphatic carboxylic acids is 2. The Morgan fingerprint density at radius 2 is 1.33 bits per heavy atom. The number of rotatable bonds is 5. The Kier molecular flexibility index (Phi) is 12.0. The summed E-state index contributed by atoms with van der Waals surface area (Å²) in [7, 11) is 2.22. The Hall–Kier alpha value is -5.05. The Bertz CT molecular complexity index is 1680. The van der Waals surface area contributed by atoms with Crippen molar-refractivity contribution >= 4 is 40.8 Å². The predicted molar refractivity (Wildman–Crippen MR) is 181 cm³/mol. The summed E-state index contributed by atoms with van der Waals surface area (Å²) in [6, 6.07) is 27.3. The number of likely N-dealkylation sites (tertiary alicyclic amines) is 1. The average molecular weight is 634 g/mol. The summed E-state index contributed by atoms with van der Waals surface area (Å²) >= 11 is 1.91. The number of carbonyl (C=O) groups is 4. The molecule has 0 bridgehead atoms. The number of nitrogens with zero attached hydrogens (tertiary/aromatic N) is 1. The lowest BCUT2D eigenvalue weighted by Gasteiger charge is -2.30. The molecule has 0 radical (unpaired) electrons. The molecular weight excluding hydrogens is 598 g/mol. The van der Waals surface area contributed by atoms with Gasteiger partial charge in [0.1, 0.15) is 0 Å².